The minimum absolute atomic E-state index is 0.0441. The summed E-state index contributed by atoms with van der Waals surface area (Å²) in [4.78, 5) is 29.4. The highest BCUT2D eigenvalue weighted by molar-refractivity contribution is 5.86. The summed E-state index contributed by atoms with van der Waals surface area (Å²) in [6, 6.07) is 23.2. The third-order valence-electron chi connectivity index (χ3n) is 5.47. The monoisotopic (exact) mass is 486 g/mol. The number of nitrogens with one attached hydrogen (secondary N) is 1. The molecule has 0 saturated heterocycles. The number of carbonyl (C=O) groups is 2. The number of oxazole rings is 1. The molecular formula is C29H30N2O5. The van der Waals surface area contributed by atoms with Crippen molar-refractivity contribution in [2.45, 2.75) is 51.9 Å². The summed E-state index contributed by atoms with van der Waals surface area (Å²) in [5.74, 6) is -0.382. The number of hydrogen-bond acceptors (Lipinski definition) is 6. The number of alkyl carbamates (subject to hydrolysis) is 1. The number of rotatable bonds is 8. The van der Waals surface area contributed by atoms with Crippen LogP contribution in [0.25, 0.3) is 10.8 Å². The van der Waals surface area contributed by atoms with Gasteiger partial charge in [-0.3, -0.25) is 0 Å². The lowest BCUT2D eigenvalue weighted by molar-refractivity contribution is 0.0464. The summed E-state index contributed by atoms with van der Waals surface area (Å²) in [6.07, 6.45) is 1.82. The predicted molar refractivity (Wildman–Crippen MR) is 136 cm³/mol. The highest BCUT2D eigenvalue weighted by Crippen LogP contribution is 2.23. The van der Waals surface area contributed by atoms with E-state index >= 15 is 0 Å². The van der Waals surface area contributed by atoms with Gasteiger partial charge in [-0.15, -0.1) is 0 Å². The maximum absolute atomic E-state index is 12.5. The van der Waals surface area contributed by atoms with Crippen molar-refractivity contribution in [1.82, 2.24) is 10.3 Å². The molecule has 0 spiro atoms. The zero-order chi connectivity index (χ0) is 25.5. The van der Waals surface area contributed by atoms with Gasteiger partial charge >= 0.3 is 12.1 Å². The zero-order valence-electron chi connectivity index (χ0n) is 20.7. The van der Waals surface area contributed by atoms with E-state index in [1.807, 2.05) is 42.5 Å². The van der Waals surface area contributed by atoms with E-state index in [1.165, 1.54) is 6.26 Å². The van der Waals surface area contributed by atoms with Gasteiger partial charge in [-0.25, -0.2) is 14.6 Å². The molecule has 3 aromatic carbocycles. The minimum Gasteiger partial charge on any atom is -0.456 e. The summed E-state index contributed by atoms with van der Waals surface area (Å²) in [5.41, 5.74) is 1.37. The largest absolute Gasteiger partial charge is 0.456 e. The second-order valence-corrected chi connectivity index (χ2v) is 9.55. The SMILES string of the molecule is CC(C)(C)OC(=O)N[C@H](CCc1ccc2ccccc2c1)c1nc(C(=O)OCc2ccccc2)co1. The smallest absolute Gasteiger partial charge is 0.408 e. The molecule has 36 heavy (non-hydrogen) atoms. The molecule has 1 amide bonds. The minimum atomic E-state index is -0.657. The fourth-order valence-corrected chi connectivity index (χ4v) is 3.75. The molecule has 0 unspecified atom stereocenters. The van der Waals surface area contributed by atoms with E-state index in [0.29, 0.717) is 12.8 Å². The van der Waals surface area contributed by atoms with Crippen LogP contribution in [0.2, 0.25) is 0 Å². The molecule has 0 saturated carbocycles. The Hall–Kier alpha value is -4.13. The fraction of sp³-hybridized carbons (Fsp3) is 0.276. The number of esters is 1. The molecule has 1 aromatic heterocycles. The van der Waals surface area contributed by atoms with E-state index in [4.69, 9.17) is 13.9 Å². The van der Waals surface area contributed by atoms with Crippen LogP contribution in [0.3, 0.4) is 0 Å². The highest BCUT2D eigenvalue weighted by Gasteiger charge is 2.25. The van der Waals surface area contributed by atoms with Crippen LogP contribution in [0.1, 0.15) is 60.7 Å². The number of aromatic nitrogens is 1. The molecule has 1 heterocycles. The Morgan fingerprint density at radius 2 is 1.67 bits per heavy atom. The van der Waals surface area contributed by atoms with Crippen molar-refractivity contribution in [3.63, 3.8) is 0 Å². The van der Waals surface area contributed by atoms with Crippen LogP contribution < -0.4 is 5.32 Å². The molecule has 1 N–H and O–H groups in total. The van der Waals surface area contributed by atoms with Gasteiger partial charge in [0.1, 0.15) is 24.5 Å². The molecule has 1 atom stereocenters. The van der Waals surface area contributed by atoms with E-state index in [1.54, 1.807) is 20.8 Å². The fourth-order valence-electron chi connectivity index (χ4n) is 3.75. The van der Waals surface area contributed by atoms with E-state index in [0.717, 1.165) is 21.9 Å². The Balaban J connectivity index is 1.47. The van der Waals surface area contributed by atoms with Crippen LogP contribution in [-0.2, 0) is 22.5 Å². The van der Waals surface area contributed by atoms with Gasteiger partial charge in [0.2, 0.25) is 5.89 Å². The quantitative estimate of drug-likeness (QED) is 0.291. The molecule has 0 aliphatic heterocycles. The topological polar surface area (TPSA) is 90.7 Å². The Morgan fingerprint density at radius 1 is 0.944 bits per heavy atom. The van der Waals surface area contributed by atoms with Crippen LogP contribution >= 0.6 is 0 Å². The number of aryl methyl sites for hydroxylation is 1. The van der Waals surface area contributed by atoms with E-state index in [2.05, 4.69) is 40.6 Å². The summed E-state index contributed by atoms with van der Waals surface area (Å²) in [7, 11) is 0. The Kier molecular flexibility index (Phi) is 7.68. The van der Waals surface area contributed by atoms with Crippen molar-refractivity contribution in [3.8, 4) is 0 Å². The lowest BCUT2D eigenvalue weighted by Gasteiger charge is -2.22. The van der Waals surface area contributed by atoms with Crippen molar-refractivity contribution >= 4 is 22.8 Å². The molecule has 4 rings (SSSR count). The van der Waals surface area contributed by atoms with E-state index in [-0.39, 0.29) is 18.2 Å². The maximum Gasteiger partial charge on any atom is 0.408 e. The van der Waals surface area contributed by atoms with Crippen LogP contribution in [-0.4, -0.2) is 22.6 Å². The van der Waals surface area contributed by atoms with Crippen LogP contribution in [0.15, 0.2) is 83.5 Å². The summed E-state index contributed by atoms with van der Waals surface area (Å²) in [6.45, 7) is 5.51. The molecule has 0 fully saturated rings. The number of fused-ring (bicyclic) bond motifs is 1. The Labute approximate surface area is 210 Å². The third-order valence-corrected chi connectivity index (χ3v) is 5.47. The molecule has 0 aliphatic carbocycles. The van der Waals surface area contributed by atoms with Gasteiger partial charge < -0.3 is 19.2 Å². The summed E-state index contributed by atoms with van der Waals surface area (Å²) in [5, 5.41) is 5.15. The first-order valence-corrected chi connectivity index (χ1v) is 11.9. The Bertz CT molecular complexity index is 1320. The van der Waals surface area contributed by atoms with Crippen molar-refractivity contribution in [1.29, 1.82) is 0 Å². The number of hydrogen-bond donors (Lipinski definition) is 1. The van der Waals surface area contributed by atoms with Crippen LogP contribution in [0.4, 0.5) is 4.79 Å². The number of benzene rings is 3. The van der Waals surface area contributed by atoms with Gasteiger partial charge in [0, 0.05) is 0 Å². The first-order valence-electron chi connectivity index (χ1n) is 11.9. The highest BCUT2D eigenvalue weighted by atomic mass is 16.6. The molecular weight excluding hydrogens is 456 g/mol. The molecule has 0 bridgehead atoms. The first kappa shape index (κ1) is 25.0. The number of carbonyl (C=O) groups excluding carboxylic acids is 2. The average Bonchev–Trinajstić information content (AvgIpc) is 3.35. The van der Waals surface area contributed by atoms with Gasteiger partial charge in [-0.05, 0) is 55.5 Å². The van der Waals surface area contributed by atoms with Gasteiger partial charge in [0.15, 0.2) is 5.69 Å². The number of ether oxygens (including phenoxy) is 2. The Morgan fingerprint density at radius 3 is 2.42 bits per heavy atom. The number of amides is 1. The van der Waals surface area contributed by atoms with Gasteiger partial charge in [-0.2, -0.15) is 0 Å². The molecule has 0 aliphatic rings. The van der Waals surface area contributed by atoms with Crippen LogP contribution in [0.5, 0.6) is 0 Å². The second-order valence-electron chi connectivity index (χ2n) is 9.55. The zero-order valence-corrected chi connectivity index (χ0v) is 20.7. The summed E-state index contributed by atoms with van der Waals surface area (Å²) < 4.78 is 16.4. The van der Waals surface area contributed by atoms with Crippen molar-refractivity contribution in [3.05, 3.63) is 102 Å². The lowest BCUT2D eigenvalue weighted by Crippen LogP contribution is -2.35. The van der Waals surface area contributed by atoms with Gasteiger partial charge in [0.05, 0.1) is 0 Å². The molecule has 7 heteroatoms. The lowest BCUT2D eigenvalue weighted by atomic mass is 10.0. The maximum atomic E-state index is 12.5. The molecule has 4 aromatic rings. The summed E-state index contributed by atoms with van der Waals surface area (Å²) >= 11 is 0. The van der Waals surface area contributed by atoms with Gasteiger partial charge in [0.25, 0.3) is 0 Å². The molecule has 7 nitrogen and oxygen atoms in total. The number of nitrogens with zero attached hydrogens (tertiary/aromatic N) is 1. The van der Waals surface area contributed by atoms with E-state index < -0.39 is 23.7 Å². The van der Waals surface area contributed by atoms with E-state index in [9.17, 15) is 9.59 Å². The van der Waals surface area contributed by atoms with Gasteiger partial charge in [-0.1, -0.05) is 72.8 Å². The third kappa shape index (κ3) is 6.95. The van der Waals surface area contributed by atoms with Crippen molar-refractivity contribution in [2.24, 2.45) is 0 Å². The standard InChI is InChI=1S/C29H30N2O5/c1-29(2,3)36-28(33)31-24(16-14-20-13-15-22-11-7-8-12-23(22)17-20)26-30-25(19-34-26)27(32)35-18-21-9-5-4-6-10-21/h4-13,15,17,19,24H,14,16,18H2,1-3H3,(H,31,33)/t24-/m1/s1. The normalized spacial score (nSPS) is 12.2. The van der Waals surface area contributed by atoms with Crippen LogP contribution in [0, 0.1) is 0 Å². The first-order chi connectivity index (χ1) is 17.3. The molecule has 0 radical (unpaired) electrons. The predicted octanol–water partition coefficient (Wildman–Crippen LogP) is 6.38. The average molecular weight is 487 g/mol. The van der Waals surface area contributed by atoms with Crippen molar-refractivity contribution < 1.29 is 23.5 Å². The van der Waals surface area contributed by atoms with Crippen molar-refractivity contribution in [2.75, 3.05) is 0 Å². The second kappa shape index (κ2) is 11.1. The molecule has 186 valence electrons.